The third-order valence-corrected chi connectivity index (χ3v) is 3.83. The highest BCUT2D eigenvalue weighted by atomic mass is 16.3. The Morgan fingerprint density at radius 3 is 2.85 bits per heavy atom. The van der Waals surface area contributed by atoms with Gasteiger partial charge in [0.2, 0.25) is 0 Å². The van der Waals surface area contributed by atoms with Gasteiger partial charge in [0, 0.05) is 30.9 Å². The fraction of sp³-hybridized carbons (Fsp3) is 0.600. The van der Waals surface area contributed by atoms with E-state index in [4.69, 9.17) is 0 Å². The van der Waals surface area contributed by atoms with Crippen LogP contribution in [0.2, 0.25) is 0 Å². The van der Waals surface area contributed by atoms with Gasteiger partial charge < -0.3 is 10.0 Å². The lowest BCUT2D eigenvalue weighted by atomic mass is 9.92. The standard InChI is InChI=1S/C15H22N4O/c1-15(2,3)13-9-12-14(16-6-8-19(12)17-13)18-7-4-5-11(20)10-18/h6,8-9,11,20H,4-5,7,10H2,1-3H3/t11-/m0/s1. The monoisotopic (exact) mass is 274 g/mol. The largest absolute Gasteiger partial charge is 0.391 e. The molecule has 0 spiro atoms. The molecule has 1 fully saturated rings. The predicted octanol–water partition coefficient (Wildman–Crippen LogP) is 1.99. The van der Waals surface area contributed by atoms with E-state index in [0.29, 0.717) is 6.54 Å². The molecule has 0 unspecified atom stereocenters. The van der Waals surface area contributed by atoms with E-state index < -0.39 is 0 Å². The molecular formula is C15H22N4O. The summed E-state index contributed by atoms with van der Waals surface area (Å²) in [6.45, 7) is 8.08. The first kappa shape index (κ1) is 13.4. The van der Waals surface area contributed by atoms with Gasteiger partial charge in [0.05, 0.1) is 11.8 Å². The Bertz CT molecular complexity index is 614. The first-order chi connectivity index (χ1) is 9.45. The summed E-state index contributed by atoms with van der Waals surface area (Å²) in [4.78, 5) is 6.68. The fourth-order valence-corrected chi connectivity index (χ4v) is 2.67. The molecule has 1 N–H and O–H groups in total. The van der Waals surface area contributed by atoms with E-state index in [9.17, 15) is 5.11 Å². The number of piperidine rings is 1. The lowest BCUT2D eigenvalue weighted by molar-refractivity contribution is 0.154. The molecule has 5 nitrogen and oxygen atoms in total. The Hall–Kier alpha value is -1.62. The number of aromatic nitrogens is 3. The van der Waals surface area contributed by atoms with Crippen LogP contribution in [-0.4, -0.2) is 38.9 Å². The molecule has 0 radical (unpaired) electrons. The van der Waals surface area contributed by atoms with E-state index in [1.807, 2.05) is 10.7 Å². The number of β-amino-alcohol motifs (C(OH)–C–C–N with tert-alkyl or cyclic N) is 1. The van der Waals surface area contributed by atoms with E-state index in [1.54, 1.807) is 6.20 Å². The van der Waals surface area contributed by atoms with Gasteiger partial charge in [-0.05, 0) is 18.9 Å². The molecule has 3 rings (SSSR count). The Morgan fingerprint density at radius 1 is 1.35 bits per heavy atom. The van der Waals surface area contributed by atoms with Crippen LogP contribution in [-0.2, 0) is 5.41 Å². The van der Waals surface area contributed by atoms with Crippen LogP contribution in [0, 0.1) is 0 Å². The van der Waals surface area contributed by atoms with E-state index in [2.05, 4.69) is 41.8 Å². The average molecular weight is 274 g/mol. The van der Waals surface area contributed by atoms with Gasteiger partial charge in [0.1, 0.15) is 5.52 Å². The van der Waals surface area contributed by atoms with E-state index in [-0.39, 0.29) is 11.5 Å². The van der Waals surface area contributed by atoms with Crippen LogP contribution in [0.3, 0.4) is 0 Å². The topological polar surface area (TPSA) is 53.7 Å². The molecule has 0 amide bonds. The first-order valence-electron chi connectivity index (χ1n) is 7.23. The number of nitrogens with zero attached hydrogens (tertiary/aromatic N) is 4. The first-order valence-corrected chi connectivity index (χ1v) is 7.23. The molecule has 0 bridgehead atoms. The lowest BCUT2D eigenvalue weighted by Crippen LogP contribution is -2.38. The number of fused-ring (bicyclic) bond motifs is 1. The quantitative estimate of drug-likeness (QED) is 0.864. The number of aliphatic hydroxyl groups is 1. The van der Waals surface area contributed by atoms with E-state index >= 15 is 0 Å². The summed E-state index contributed by atoms with van der Waals surface area (Å²) in [5.74, 6) is 0.925. The minimum absolute atomic E-state index is 0.0186. The van der Waals surface area contributed by atoms with Crippen LogP contribution < -0.4 is 4.90 Å². The molecule has 0 saturated carbocycles. The molecule has 1 atom stereocenters. The molecule has 2 aromatic rings. The summed E-state index contributed by atoms with van der Waals surface area (Å²) in [6.07, 6.45) is 5.30. The molecule has 0 aliphatic carbocycles. The summed E-state index contributed by atoms with van der Waals surface area (Å²) in [6, 6.07) is 2.11. The normalized spacial score (nSPS) is 20.6. The molecule has 0 aromatic carbocycles. The Balaban J connectivity index is 2.04. The predicted molar refractivity (Wildman–Crippen MR) is 79.1 cm³/mol. The highest BCUT2D eigenvalue weighted by molar-refractivity contribution is 5.69. The fourth-order valence-electron chi connectivity index (χ4n) is 2.67. The molecule has 1 saturated heterocycles. The van der Waals surface area contributed by atoms with Crippen LogP contribution >= 0.6 is 0 Å². The van der Waals surface area contributed by atoms with Gasteiger partial charge in [-0.1, -0.05) is 20.8 Å². The Labute approximate surface area is 119 Å². The van der Waals surface area contributed by atoms with E-state index in [1.165, 1.54) is 0 Å². The van der Waals surface area contributed by atoms with Crippen molar-refractivity contribution in [1.29, 1.82) is 0 Å². The molecule has 108 valence electrons. The van der Waals surface area contributed by atoms with Crippen molar-refractivity contribution in [2.24, 2.45) is 0 Å². The third-order valence-electron chi connectivity index (χ3n) is 3.83. The number of hydrogen-bond acceptors (Lipinski definition) is 4. The summed E-state index contributed by atoms with van der Waals surface area (Å²) in [5.41, 5.74) is 2.10. The van der Waals surface area contributed by atoms with Crippen molar-refractivity contribution in [2.75, 3.05) is 18.0 Å². The molecule has 5 heteroatoms. The van der Waals surface area contributed by atoms with Gasteiger partial charge >= 0.3 is 0 Å². The van der Waals surface area contributed by atoms with Gasteiger partial charge in [-0.3, -0.25) is 0 Å². The number of hydrogen-bond donors (Lipinski definition) is 1. The summed E-state index contributed by atoms with van der Waals surface area (Å²) in [5, 5.41) is 14.5. The third kappa shape index (κ3) is 2.38. The van der Waals surface area contributed by atoms with Crippen molar-refractivity contribution in [3.63, 3.8) is 0 Å². The highest BCUT2D eigenvalue weighted by Crippen LogP contribution is 2.27. The van der Waals surface area contributed by atoms with Crippen LogP contribution in [0.1, 0.15) is 39.3 Å². The minimum atomic E-state index is -0.254. The summed E-state index contributed by atoms with van der Waals surface area (Å²) >= 11 is 0. The van der Waals surface area contributed by atoms with Gasteiger partial charge in [-0.2, -0.15) is 5.10 Å². The van der Waals surface area contributed by atoms with Gasteiger partial charge in [-0.25, -0.2) is 9.50 Å². The Kier molecular flexibility index (Phi) is 3.17. The van der Waals surface area contributed by atoms with Crippen LogP contribution in [0.15, 0.2) is 18.5 Å². The summed E-state index contributed by atoms with van der Waals surface area (Å²) in [7, 11) is 0. The molecule has 1 aliphatic heterocycles. The molecule has 1 aliphatic rings. The van der Waals surface area contributed by atoms with Gasteiger partial charge in [0.25, 0.3) is 0 Å². The maximum atomic E-state index is 9.86. The SMILES string of the molecule is CC(C)(C)c1cc2c(N3CCC[C@H](O)C3)nccn2n1. The summed E-state index contributed by atoms with van der Waals surface area (Å²) < 4.78 is 1.89. The lowest BCUT2D eigenvalue weighted by Gasteiger charge is -2.31. The van der Waals surface area contributed by atoms with Crippen LogP contribution in [0.5, 0.6) is 0 Å². The van der Waals surface area contributed by atoms with E-state index in [0.717, 1.165) is 36.4 Å². The van der Waals surface area contributed by atoms with Crippen LogP contribution in [0.25, 0.3) is 5.52 Å². The maximum absolute atomic E-state index is 9.86. The van der Waals surface area contributed by atoms with Crippen molar-refractivity contribution in [3.8, 4) is 0 Å². The number of anilines is 1. The average Bonchev–Trinajstić information content (AvgIpc) is 2.82. The van der Waals surface area contributed by atoms with Crippen LogP contribution in [0.4, 0.5) is 5.82 Å². The maximum Gasteiger partial charge on any atom is 0.154 e. The molecular weight excluding hydrogens is 252 g/mol. The van der Waals surface area contributed by atoms with Gasteiger partial charge in [-0.15, -0.1) is 0 Å². The van der Waals surface area contributed by atoms with Crippen molar-refractivity contribution in [2.45, 2.75) is 45.1 Å². The smallest absolute Gasteiger partial charge is 0.154 e. The van der Waals surface area contributed by atoms with Gasteiger partial charge in [0.15, 0.2) is 5.82 Å². The minimum Gasteiger partial charge on any atom is -0.391 e. The second-order valence-electron chi connectivity index (χ2n) is 6.60. The van der Waals surface area contributed by atoms with Crippen molar-refractivity contribution < 1.29 is 5.11 Å². The Morgan fingerprint density at radius 2 is 2.15 bits per heavy atom. The second kappa shape index (κ2) is 4.74. The number of aliphatic hydroxyl groups excluding tert-OH is 1. The second-order valence-corrected chi connectivity index (χ2v) is 6.60. The number of rotatable bonds is 1. The van der Waals surface area contributed by atoms with Crippen molar-refractivity contribution in [1.82, 2.24) is 14.6 Å². The van der Waals surface area contributed by atoms with Crippen molar-refractivity contribution in [3.05, 3.63) is 24.2 Å². The zero-order valence-electron chi connectivity index (χ0n) is 12.4. The van der Waals surface area contributed by atoms with Crippen molar-refractivity contribution >= 4 is 11.3 Å². The molecule has 3 heterocycles. The zero-order chi connectivity index (χ0) is 14.3. The zero-order valence-corrected chi connectivity index (χ0v) is 12.4. The molecule has 20 heavy (non-hydrogen) atoms. The highest BCUT2D eigenvalue weighted by Gasteiger charge is 2.23. The molecule has 2 aromatic heterocycles.